The Bertz CT molecular complexity index is 736. The van der Waals surface area contributed by atoms with Crippen molar-refractivity contribution >= 4 is 11.7 Å². The Hall–Kier alpha value is -2.50. The third kappa shape index (κ3) is 4.18. The van der Waals surface area contributed by atoms with Crippen LogP contribution in [0.2, 0.25) is 0 Å². The second kappa shape index (κ2) is 8.74. The highest BCUT2D eigenvalue weighted by atomic mass is 16.5. The van der Waals surface area contributed by atoms with Crippen molar-refractivity contribution in [2.75, 3.05) is 18.5 Å². The van der Waals surface area contributed by atoms with Gasteiger partial charge in [-0.15, -0.1) is 0 Å². The Labute approximate surface area is 154 Å². The van der Waals surface area contributed by atoms with Crippen molar-refractivity contribution in [2.24, 2.45) is 0 Å². The summed E-state index contributed by atoms with van der Waals surface area (Å²) in [6, 6.07) is 7.52. The minimum atomic E-state index is -0.173. The fourth-order valence-electron chi connectivity index (χ4n) is 3.29. The fraction of sp³-hybridized carbons (Fsp3) is 0.500. The molecule has 0 unspecified atom stereocenters. The Balaban J connectivity index is 1.75. The molecule has 1 fully saturated rings. The summed E-state index contributed by atoms with van der Waals surface area (Å²) in [5, 5.41) is 7.38. The zero-order valence-electron chi connectivity index (χ0n) is 15.5. The lowest BCUT2D eigenvalue weighted by atomic mass is 10.2. The van der Waals surface area contributed by atoms with Crippen LogP contribution in [0.5, 0.6) is 11.5 Å². The van der Waals surface area contributed by atoms with Crippen LogP contribution in [0.3, 0.4) is 0 Å². The number of carbonyl (C=O) groups is 1. The SMILES string of the molecule is CCCOc1ccc(C(=O)Nc2ccnn2C2CCCC2)cc1OCC. The molecule has 0 radical (unpaired) electrons. The van der Waals surface area contributed by atoms with Crippen molar-refractivity contribution in [2.45, 2.75) is 52.0 Å². The average molecular weight is 357 g/mol. The van der Waals surface area contributed by atoms with E-state index < -0.39 is 0 Å². The lowest BCUT2D eigenvalue weighted by molar-refractivity contribution is 0.102. The van der Waals surface area contributed by atoms with Crippen LogP contribution in [0.25, 0.3) is 0 Å². The Morgan fingerprint density at radius 2 is 2.00 bits per heavy atom. The highest BCUT2D eigenvalue weighted by molar-refractivity contribution is 6.04. The molecule has 6 heteroatoms. The number of nitrogens with zero attached hydrogens (tertiary/aromatic N) is 2. The average Bonchev–Trinajstić information content (AvgIpc) is 3.32. The molecule has 1 aliphatic rings. The van der Waals surface area contributed by atoms with E-state index in [0.717, 1.165) is 25.1 Å². The monoisotopic (exact) mass is 357 g/mol. The molecule has 1 aromatic carbocycles. The first-order valence-electron chi connectivity index (χ1n) is 9.47. The van der Waals surface area contributed by atoms with Crippen molar-refractivity contribution in [1.82, 2.24) is 9.78 Å². The summed E-state index contributed by atoms with van der Waals surface area (Å²) in [7, 11) is 0. The van der Waals surface area contributed by atoms with Gasteiger partial charge in [0.25, 0.3) is 5.91 Å². The van der Waals surface area contributed by atoms with Crippen molar-refractivity contribution in [3.05, 3.63) is 36.0 Å². The first-order chi connectivity index (χ1) is 12.7. The number of rotatable bonds is 8. The number of aromatic nitrogens is 2. The van der Waals surface area contributed by atoms with Gasteiger partial charge in [-0.2, -0.15) is 5.10 Å². The molecule has 0 bridgehead atoms. The molecular formula is C20H27N3O3. The molecule has 1 saturated carbocycles. The molecule has 26 heavy (non-hydrogen) atoms. The second-order valence-corrected chi connectivity index (χ2v) is 6.50. The van der Waals surface area contributed by atoms with E-state index in [2.05, 4.69) is 17.3 Å². The number of hydrogen-bond donors (Lipinski definition) is 1. The number of nitrogens with one attached hydrogen (secondary N) is 1. The van der Waals surface area contributed by atoms with Gasteiger partial charge in [0.2, 0.25) is 0 Å². The first-order valence-corrected chi connectivity index (χ1v) is 9.47. The fourth-order valence-corrected chi connectivity index (χ4v) is 3.29. The summed E-state index contributed by atoms with van der Waals surface area (Å²) >= 11 is 0. The maximum atomic E-state index is 12.7. The number of amides is 1. The molecule has 0 atom stereocenters. The van der Waals surface area contributed by atoms with Gasteiger partial charge in [-0.1, -0.05) is 19.8 Å². The van der Waals surface area contributed by atoms with Crippen LogP contribution in [0, 0.1) is 0 Å². The molecule has 1 heterocycles. The van der Waals surface area contributed by atoms with Gasteiger partial charge in [-0.05, 0) is 44.4 Å². The zero-order valence-corrected chi connectivity index (χ0v) is 15.5. The first kappa shape index (κ1) is 18.3. The number of anilines is 1. The van der Waals surface area contributed by atoms with E-state index in [0.29, 0.717) is 36.3 Å². The van der Waals surface area contributed by atoms with Gasteiger partial charge < -0.3 is 14.8 Å². The van der Waals surface area contributed by atoms with Gasteiger partial charge in [0.15, 0.2) is 11.5 Å². The molecule has 6 nitrogen and oxygen atoms in total. The minimum absolute atomic E-state index is 0.173. The molecule has 1 aliphatic carbocycles. The standard InChI is InChI=1S/C20H27N3O3/c1-3-13-26-17-10-9-15(14-18(17)25-4-2)20(24)22-19-11-12-21-23(19)16-7-5-6-8-16/h9-12,14,16H,3-8,13H2,1-2H3,(H,22,24). The van der Waals surface area contributed by atoms with Crippen molar-refractivity contribution in [3.8, 4) is 11.5 Å². The molecular weight excluding hydrogens is 330 g/mol. The van der Waals surface area contributed by atoms with Crippen LogP contribution in [0.1, 0.15) is 62.4 Å². The quantitative estimate of drug-likeness (QED) is 0.758. The van der Waals surface area contributed by atoms with Gasteiger partial charge in [0.05, 0.1) is 25.5 Å². The molecule has 0 aliphatic heterocycles. The smallest absolute Gasteiger partial charge is 0.256 e. The molecule has 1 N–H and O–H groups in total. The van der Waals surface area contributed by atoms with Crippen LogP contribution in [-0.4, -0.2) is 28.9 Å². The van der Waals surface area contributed by atoms with Crippen LogP contribution in [0.15, 0.2) is 30.5 Å². The van der Waals surface area contributed by atoms with Gasteiger partial charge in [0.1, 0.15) is 5.82 Å². The van der Waals surface area contributed by atoms with Crippen molar-refractivity contribution in [3.63, 3.8) is 0 Å². The maximum absolute atomic E-state index is 12.7. The van der Waals surface area contributed by atoms with E-state index >= 15 is 0 Å². The molecule has 0 saturated heterocycles. The summed E-state index contributed by atoms with van der Waals surface area (Å²) in [6.45, 7) is 5.10. The predicted octanol–water partition coefficient (Wildman–Crippen LogP) is 4.44. The van der Waals surface area contributed by atoms with Gasteiger partial charge >= 0.3 is 0 Å². The lowest BCUT2D eigenvalue weighted by Gasteiger charge is -2.15. The van der Waals surface area contributed by atoms with Crippen LogP contribution in [0.4, 0.5) is 5.82 Å². The molecule has 3 rings (SSSR count). The molecule has 140 valence electrons. The van der Waals surface area contributed by atoms with E-state index in [1.807, 2.05) is 17.7 Å². The van der Waals surface area contributed by atoms with E-state index in [9.17, 15) is 4.79 Å². The molecule has 1 aromatic heterocycles. The second-order valence-electron chi connectivity index (χ2n) is 6.50. The highest BCUT2D eigenvalue weighted by Gasteiger charge is 2.21. The highest BCUT2D eigenvalue weighted by Crippen LogP contribution is 2.32. The zero-order chi connectivity index (χ0) is 18.4. The van der Waals surface area contributed by atoms with Gasteiger partial charge in [0, 0.05) is 11.6 Å². The summed E-state index contributed by atoms with van der Waals surface area (Å²) in [6.07, 6.45) is 7.31. The van der Waals surface area contributed by atoms with E-state index in [1.54, 1.807) is 24.4 Å². The molecule has 0 spiro atoms. The molecule has 2 aromatic rings. The summed E-state index contributed by atoms with van der Waals surface area (Å²) in [4.78, 5) is 12.7. The lowest BCUT2D eigenvalue weighted by Crippen LogP contribution is -2.18. The van der Waals surface area contributed by atoms with E-state index in [1.165, 1.54) is 12.8 Å². The van der Waals surface area contributed by atoms with Gasteiger partial charge in [-0.3, -0.25) is 4.79 Å². The van der Waals surface area contributed by atoms with Crippen LogP contribution in [-0.2, 0) is 0 Å². The summed E-state index contributed by atoms with van der Waals surface area (Å²) in [5.74, 6) is 1.83. The Morgan fingerprint density at radius 1 is 1.19 bits per heavy atom. The molecule has 1 amide bonds. The van der Waals surface area contributed by atoms with Crippen LogP contribution >= 0.6 is 0 Å². The number of carbonyl (C=O) groups excluding carboxylic acids is 1. The third-order valence-electron chi connectivity index (χ3n) is 4.55. The largest absolute Gasteiger partial charge is 0.490 e. The normalized spacial score (nSPS) is 14.4. The number of benzene rings is 1. The topological polar surface area (TPSA) is 65.4 Å². The van der Waals surface area contributed by atoms with Gasteiger partial charge in [-0.25, -0.2) is 4.68 Å². The van der Waals surface area contributed by atoms with Crippen LogP contribution < -0.4 is 14.8 Å². The summed E-state index contributed by atoms with van der Waals surface area (Å²) < 4.78 is 13.3. The van der Waals surface area contributed by atoms with E-state index in [-0.39, 0.29) is 5.91 Å². The number of hydrogen-bond acceptors (Lipinski definition) is 4. The minimum Gasteiger partial charge on any atom is -0.490 e. The number of ether oxygens (including phenoxy) is 2. The third-order valence-corrected chi connectivity index (χ3v) is 4.55. The van der Waals surface area contributed by atoms with Crippen molar-refractivity contribution < 1.29 is 14.3 Å². The maximum Gasteiger partial charge on any atom is 0.256 e. The Morgan fingerprint density at radius 3 is 2.73 bits per heavy atom. The Kier molecular flexibility index (Phi) is 6.15. The van der Waals surface area contributed by atoms with E-state index in [4.69, 9.17) is 9.47 Å². The predicted molar refractivity (Wildman–Crippen MR) is 101 cm³/mol. The summed E-state index contributed by atoms with van der Waals surface area (Å²) in [5.41, 5.74) is 0.538. The van der Waals surface area contributed by atoms with Crippen molar-refractivity contribution in [1.29, 1.82) is 0 Å².